The van der Waals surface area contributed by atoms with Gasteiger partial charge in [0, 0.05) is 6.07 Å². The van der Waals surface area contributed by atoms with Gasteiger partial charge in [-0.2, -0.15) is 0 Å². The second kappa shape index (κ2) is 5.48. The minimum absolute atomic E-state index is 0.0609. The van der Waals surface area contributed by atoms with Gasteiger partial charge in [-0.15, -0.1) is 0 Å². The zero-order valence-electron chi connectivity index (χ0n) is 10.8. The molecule has 0 saturated heterocycles. The number of nitrogens with zero attached hydrogens (tertiary/aromatic N) is 1. The van der Waals surface area contributed by atoms with E-state index in [0.717, 1.165) is 0 Å². The number of rotatable bonds is 4. The number of hydrogen-bond donors (Lipinski definition) is 3. The average Bonchev–Trinajstić information content (AvgIpc) is 2.38. The lowest BCUT2D eigenvalue weighted by molar-refractivity contribution is -0.384. The molecule has 0 amide bonds. The third-order valence-corrected chi connectivity index (χ3v) is 2.97. The maximum atomic E-state index is 10.9. The van der Waals surface area contributed by atoms with E-state index in [2.05, 4.69) is 5.32 Å². The summed E-state index contributed by atoms with van der Waals surface area (Å²) in [5.74, 6) is -0.132. The van der Waals surface area contributed by atoms with Crippen molar-refractivity contribution in [3.63, 3.8) is 0 Å². The first-order valence-corrected chi connectivity index (χ1v) is 6.01. The minimum atomic E-state index is -0.489. The van der Waals surface area contributed by atoms with Crippen molar-refractivity contribution in [2.75, 3.05) is 5.32 Å². The molecule has 0 aliphatic rings. The molecule has 6 heteroatoms. The van der Waals surface area contributed by atoms with Crippen LogP contribution in [0.1, 0.15) is 18.5 Å². The van der Waals surface area contributed by atoms with Gasteiger partial charge in [-0.3, -0.25) is 10.1 Å². The zero-order valence-corrected chi connectivity index (χ0v) is 10.8. The highest BCUT2D eigenvalue weighted by atomic mass is 16.6. The van der Waals surface area contributed by atoms with Crippen molar-refractivity contribution in [1.82, 2.24) is 0 Å². The van der Waals surface area contributed by atoms with Crippen molar-refractivity contribution in [3.8, 4) is 11.5 Å². The standard InChI is InChI=1S/C14H14N2O4/c1-9(14-12(17)7-4-8-13(14)18)15-10-5-2-3-6-11(10)16(19)20/h2-9,15,17-18H,1H3. The number of phenols is 2. The molecule has 0 fully saturated rings. The van der Waals surface area contributed by atoms with Crippen LogP contribution in [0.25, 0.3) is 0 Å². The molecule has 1 atom stereocenters. The Kier molecular flexibility index (Phi) is 3.74. The lowest BCUT2D eigenvalue weighted by atomic mass is 10.1. The number of nitrogens with one attached hydrogen (secondary N) is 1. The highest BCUT2D eigenvalue weighted by Gasteiger charge is 2.19. The topological polar surface area (TPSA) is 95.6 Å². The number of phenolic OH excluding ortho intramolecular Hbond substituents is 2. The van der Waals surface area contributed by atoms with E-state index in [1.807, 2.05) is 0 Å². The van der Waals surface area contributed by atoms with Crippen molar-refractivity contribution in [2.45, 2.75) is 13.0 Å². The summed E-state index contributed by atoms with van der Waals surface area (Å²) >= 11 is 0. The van der Waals surface area contributed by atoms with Crippen LogP contribution < -0.4 is 5.32 Å². The van der Waals surface area contributed by atoms with Crippen molar-refractivity contribution in [1.29, 1.82) is 0 Å². The number of benzene rings is 2. The molecule has 104 valence electrons. The van der Waals surface area contributed by atoms with Gasteiger partial charge in [0.15, 0.2) is 0 Å². The first kappa shape index (κ1) is 13.7. The average molecular weight is 274 g/mol. The lowest BCUT2D eigenvalue weighted by Gasteiger charge is -2.17. The van der Waals surface area contributed by atoms with Gasteiger partial charge in [0.2, 0.25) is 0 Å². The van der Waals surface area contributed by atoms with Gasteiger partial charge in [0.1, 0.15) is 17.2 Å². The second-order valence-corrected chi connectivity index (χ2v) is 4.35. The maximum Gasteiger partial charge on any atom is 0.292 e. The fourth-order valence-corrected chi connectivity index (χ4v) is 2.05. The maximum absolute atomic E-state index is 10.9. The minimum Gasteiger partial charge on any atom is -0.507 e. The van der Waals surface area contributed by atoms with Gasteiger partial charge >= 0.3 is 0 Å². The SMILES string of the molecule is CC(Nc1ccccc1[N+](=O)[O-])c1c(O)cccc1O. The highest BCUT2D eigenvalue weighted by Crippen LogP contribution is 2.35. The Morgan fingerprint density at radius 2 is 1.70 bits per heavy atom. The monoisotopic (exact) mass is 274 g/mol. The number of aromatic hydroxyl groups is 2. The quantitative estimate of drug-likeness (QED) is 0.587. The predicted octanol–water partition coefficient (Wildman–Crippen LogP) is 3.18. The predicted molar refractivity (Wildman–Crippen MR) is 74.9 cm³/mol. The summed E-state index contributed by atoms with van der Waals surface area (Å²) in [6, 6.07) is 10.1. The summed E-state index contributed by atoms with van der Waals surface area (Å²) in [6.45, 7) is 1.70. The van der Waals surface area contributed by atoms with Crippen molar-refractivity contribution in [3.05, 3.63) is 58.1 Å². The van der Waals surface area contributed by atoms with E-state index >= 15 is 0 Å². The molecule has 2 rings (SSSR count). The summed E-state index contributed by atoms with van der Waals surface area (Å²) in [5.41, 5.74) is 0.563. The van der Waals surface area contributed by atoms with E-state index in [0.29, 0.717) is 11.3 Å². The Balaban J connectivity index is 2.33. The van der Waals surface area contributed by atoms with Gasteiger partial charge in [-0.25, -0.2) is 0 Å². The van der Waals surface area contributed by atoms with Crippen molar-refractivity contribution >= 4 is 11.4 Å². The normalized spacial score (nSPS) is 11.8. The van der Waals surface area contributed by atoms with E-state index in [4.69, 9.17) is 0 Å². The van der Waals surface area contributed by atoms with Crippen LogP contribution in [-0.2, 0) is 0 Å². The molecule has 2 aromatic carbocycles. The molecule has 0 saturated carbocycles. The van der Waals surface area contributed by atoms with Crippen molar-refractivity contribution < 1.29 is 15.1 Å². The second-order valence-electron chi connectivity index (χ2n) is 4.35. The van der Waals surface area contributed by atoms with Gasteiger partial charge < -0.3 is 15.5 Å². The molecule has 0 heterocycles. The van der Waals surface area contributed by atoms with E-state index < -0.39 is 11.0 Å². The third kappa shape index (κ3) is 2.64. The Morgan fingerprint density at radius 3 is 2.30 bits per heavy atom. The van der Waals surface area contributed by atoms with Crippen LogP contribution in [0.3, 0.4) is 0 Å². The van der Waals surface area contributed by atoms with E-state index in [9.17, 15) is 20.3 Å². The molecule has 0 aliphatic heterocycles. The number of para-hydroxylation sites is 2. The first-order chi connectivity index (χ1) is 9.50. The van der Waals surface area contributed by atoms with Gasteiger partial charge in [0.25, 0.3) is 5.69 Å². The molecule has 3 N–H and O–H groups in total. The molecule has 20 heavy (non-hydrogen) atoms. The highest BCUT2D eigenvalue weighted by molar-refractivity contribution is 5.63. The Bertz CT molecular complexity index is 623. The van der Waals surface area contributed by atoms with Gasteiger partial charge in [0.05, 0.1) is 16.5 Å². The smallest absolute Gasteiger partial charge is 0.292 e. The summed E-state index contributed by atoms with van der Waals surface area (Å²) in [6.07, 6.45) is 0. The largest absolute Gasteiger partial charge is 0.507 e. The molecule has 0 aliphatic carbocycles. The van der Waals surface area contributed by atoms with Crippen LogP contribution in [0.15, 0.2) is 42.5 Å². The molecule has 0 spiro atoms. The van der Waals surface area contributed by atoms with Gasteiger partial charge in [-0.05, 0) is 25.1 Å². The van der Waals surface area contributed by atoms with Gasteiger partial charge in [-0.1, -0.05) is 18.2 Å². The molecule has 0 radical (unpaired) electrons. The summed E-state index contributed by atoms with van der Waals surface area (Å²) in [7, 11) is 0. The molecule has 1 unspecified atom stereocenters. The molecule has 2 aromatic rings. The number of anilines is 1. The fourth-order valence-electron chi connectivity index (χ4n) is 2.05. The fraction of sp³-hybridized carbons (Fsp3) is 0.143. The third-order valence-electron chi connectivity index (χ3n) is 2.97. The molecule has 0 aromatic heterocycles. The van der Waals surface area contributed by atoms with Crippen LogP contribution in [0.5, 0.6) is 11.5 Å². The lowest BCUT2D eigenvalue weighted by Crippen LogP contribution is -2.08. The van der Waals surface area contributed by atoms with Crippen LogP contribution in [-0.4, -0.2) is 15.1 Å². The molecule has 0 bridgehead atoms. The molecule has 6 nitrogen and oxygen atoms in total. The molecular formula is C14H14N2O4. The summed E-state index contributed by atoms with van der Waals surface area (Å²) in [4.78, 5) is 10.5. The Labute approximate surface area is 115 Å². The van der Waals surface area contributed by atoms with Crippen molar-refractivity contribution in [2.24, 2.45) is 0 Å². The Morgan fingerprint density at radius 1 is 1.10 bits per heavy atom. The van der Waals surface area contributed by atoms with Crippen LogP contribution in [0.2, 0.25) is 0 Å². The van der Waals surface area contributed by atoms with E-state index in [1.54, 1.807) is 25.1 Å². The first-order valence-electron chi connectivity index (χ1n) is 6.01. The van der Waals surface area contributed by atoms with Crippen LogP contribution in [0.4, 0.5) is 11.4 Å². The van der Waals surface area contributed by atoms with E-state index in [-0.39, 0.29) is 17.2 Å². The Hall–Kier alpha value is -2.76. The van der Waals surface area contributed by atoms with Crippen LogP contribution in [0, 0.1) is 10.1 Å². The number of nitro groups is 1. The summed E-state index contributed by atoms with van der Waals surface area (Å²) < 4.78 is 0. The van der Waals surface area contributed by atoms with E-state index in [1.165, 1.54) is 24.3 Å². The zero-order chi connectivity index (χ0) is 14.7. The summed E-state index contributed by atoms with van der Waals surface area (Å²) in [5, 5.41) is 33.4. The number of nitro benzene ring substituents is 1. The van der Waals surface area contributed by atoms with Crippen LogP contribution >= 0.6 is 0 Å². The number of hydrogen-bond acceptors (Lipinski definition) is 5. The molecular weight excluding hydrogens is 260 g/mol.